The normalized spacial score (nSPS) is 13.9. The van der Waals surface area contributed by atoms with Crippen LogP contribution in [-0.4, -0.2) is 9.97 Å². The average Bonchev–Trinajstić information content (AvgIpc) is 3.82. The Bertz CT molecular complexity index is 2280. The summed E-state index contributed by atoms with van der Waals surface area (Å²) in [5, 5.41) is 0. The van der Waals surface area contributed by atoms with Gasteiger partial charge in [-0.2, -0.15) is 0 Å². The molecule has 2 aliphatic rings. The Morgan fingerprint density at radius 2 is 1.29 bits per heavy atom. The van der Waals surface area contributed by atoms with Gasteiger partial charge in [-0.15, -0.1) is 28.5 Å². The van der Waals surface area contributed by atoms with E-state index < -0.39 is 0 Å². The third-order valence-electron chi connectivity index (χ3n) is 9.46. The van der Waals surface area contributed by atoms with Crippen molar-refractivity contribution in [2.24, 2.45) is 0 Å². The van der Waals surface area contributed by atoms with Gasteiger partial charge in [-0.25, -0.2) is 4.98 Å². The zero-order valence-electron chi connectivity index (χ0n) is 29.9. The van der Waals surface area contributed by atoms with Crippen molar-refractivity contribution in [3.8, 4) is 34.6 Å². The van der Waals surface area contributed by atoms with E-state index in [2.05, 4.69) is 140 Å². The molecular weight excluding hydrogens is 651 g/mol. The first-order chi connectivity index (χ1) is 22.7. The maximum atomic E-state index is 5.72. The Balaban J connectivity index is 0.00000417. The van der Waals surface area contributed by atoms with Crippen LogP contribution in [0, 0.1) is 12.3 Å². The number of aromatic nitrogens is 4. The van der Waals surface area contributed by atoms with Crippen LogP contribution >= 0.6 is 0 Å². The molecule has 8 bridgehead atoms. The molecule has 5 heteroatoms. The van der Waals surface area contributed by atoms with Gasteiger partial charge >= 0.3 is 19.5 Å². The molecule has 0 atom stereocenters. The maximum Gasteiger partial charge on any atom is 2.00 e. The molecule has 0 amide bonds. The van der Waals surface area contributed by atoms with Gasteiger partial charge in [0.05, 0.1) is 11.4 Å². The predicted molar refractivity (Wildman–Crippen MR) is 201 cm³/mol. The van der Waals surface area contributed by atoms with Gasteiger partial charge in [-0.05, 0) is 74.6 Å². The van der Waals surface area contributed by atoms with Gasteiger partial charge in [-0.1, -0.05) is 122 Å². The fraction of sp³-hybridized carbons (Fsp3) is 0.273. The third-order valence-corrected chi connectivity index (χ3v) is 9.46. The minimum atomic E-state index is -0.124. The fourth-order valence-corrected chi connectivity index (χ4v) is 6.57. The summed E-state index contributed by atoms with van der Waals surface area (Å²) in [6, 6.07) is 27.8. The number of benzene rings is 2. The second-order valence-electron chi connectivity index (χ2n) is 15.8. The van der Waals surface area contributed by atoms with E-state index >= 15 is 0 Å². The number of nitrogens with zero attached hydrogens (tertiary/aromatic N) is 4. The molecule has 5 heterocycles. The third kappa shape index (κ3) is 6.73. The van der Waals surface area contributed by atoms with E-state index in [1.807, 2.05) is 12.1 Å². The van der Waals surface area contributed by atoms with Crippen LogP contribution in [0.3, 0.4) is 0 Å². The standard InChI is InChI=1S/C44H42N4.Zn/c1-10-27-11-13-28(14-12-27)40-35-17-15-32(45-35)24-34-26-44(8,9)39(47-34)25-33-16-18-36(46-33)41(38-20-19-37(40)48-38)29-21-30(42(2,3)4)23-31(22-29)43(5,6)7;/h1,11-25H,26H2,2-9H3;/q-2;+2/i39+1;. The molecule has 0 saturated heterocycles. The molecule has 2 aliphatic heterocycles. The number of fused-ring (bicyclic) bond motifs is 8. The van der Waals surface area contributed by atoms with Crippen molar-refractivity contribution in [2.75, 3.05) is 0 Å². The topological polar surface area (TPSA) is 54.0 Å². The Labute approximate surface area is 303 Å². The van der Waals surface area contributed by atoms with Crippen molar-refractivity contribution in [2.45, 2.75) is 78.1 Å². The molecule has 0 aliphatic carbocycles. The van der Waals surface area contributed by atoms with E-state index in [9.17, 15) is 0 Å². The molecule has 7 rings (SSSR count). The SMILES string of the molecule is C#Cc1ccc(-c2c3nc(cc4n[13c](cc5ccc([n-]5)c(-c5cc(C(C)(C)C)cc(C(C)(C)C)c5)c5ccc2[n-]5)C(C)(C)C4)C=C3)cc1.[Zn+2]. The van der Waals surface area contributed by atoms with Crippen LogP contribution in [0.25, 0.3) is 56.5 Å². The van der Waals surface area contributed by atoms with Crippen LogP contribution in [0.1, 0.15) is 94.9 Å². The molecule has 3 aromatic heterocycles. The molecule has 2 aromatic carbocycles. The monoisotopic (exact) mass is 691 g/mol. The second-order valence-corrected chi connectivity index (χ2v) is 15.8. The number of terminal acetylenes is 1. The zero-order valence-corrected chi connectivity index (χ0v) is 32.9. The molecule has 0 fully saturated rings. The van der Waals surface area contributed by atoms with E-state index in [0.29, 0.717) is 0 Å². The first-order valence-electron chi connectivity index (χ1n) is 16.7. The van der Waals surface area contributed by atoms with Crippen LogP contribution in [0.15, 0.2) is 78.9 Å². The molecule has 4 nitrogen and oxygen atoms in total. The minimum absolute atomic E-state index is 0. The summed E-state index contributed by atoms with van der Waals surface area (Å²) >= 11 is 0. The largest absolute Gasteiger partial charge is 2.00 e. The van der Waals surface area contributed by atoms with Crippen LogP contribution in [0.5, 0.6) is 0 Å². The predicted octanol–water partition coefficient (Wildman–Crippen LogP) is 10.2. The molecule has 5 aromatic rings. The molecular formula is C44H42N4Zn. The van der Waals surface area contributed by atoms with E-state index in [0.717, 1.165) is 79.1 Å². The second kappa shape index (κ2) is 12.4. The van der Waals surface area contributed by atoms with Crippen LogP contribution in [0.2, 0.25) is 0 Å². The van der Waals surface area contributed by atoms with Gasteiger partial charge in [0.25, 0.3) is 0 Å². The van der Waals surface area contributed by atoms with E-state index in [1.165, 1.54) is 11.1 Å². The van der Waals surface area contributed by atoms with Gasteiger partial charge in [0.1, 0.15) is 0 Å². The summed E-state index contributed by atoms with van der Waals surface area (Å²) in [7, 11) is 0. The molecule has 240 valence electrons. The van der Waals surface area contributed by atoms with Crippen molar-refractivity contribution in [1.29, 1.82) is 0 Å². The van der Waals surface area contributed by atoms with Gasteiger partial charge < -0.3 is 9.97 Å². The molecule has 0 saturated carbocycles. The number of hydrogen-bond acceptors (Lipinski definition) is 2. The van der Waals surface area contributed by atoms with Crippen LogP contribution in [-0.2, 0) is 42.1 Å². The van der Waals surface area contributed by atoms with Gasteiger partial charge in [0.15, 0.2) is 0 Å². The summed E-state index contributed by atoms with van der Waals surface area (Å²) in [6.45, 7) is 18.1. The number of rotatable bonds is 2. The summed E-state index contributed by atoms with van der Waals surface area (Å²) in [5.41, 5.74) is 14.6. The Morgan fingerprint density at radius 3 is 1.92 bits per heavy atom. The Morgan fingerprint density at radius 1 is 0.673 bits per heavy atom. The van der Waals surface area contributed by atoms with Crippen molar-refractivity contribution in [1.82, 2.24) is 19.9 Å². The zero-order chi connectivity index (χ0) is 34.0. The quantitative estimate of drug-likeness (QED) is 0.134. The molecule has 49 heavy (non-hydrogen) atoms. The van der Waals surface area contributed by atoms with Crippen molar-refractivity contribution in [3.05, 3.63) is 118 Å². The maximum absolute atomic E-state index is 5.72. The first-order valence-corrected chi connectivity index (χ1v) is 16.7. The summed E-state index contributed by atoms with van der Waals surface area (Å²) < 4.78 is 0. The molecule has 0 unspecified atom stereocenters. The van der Waals surface area contributed by atoms with Gasteiger partial charge in [-0.3, -0.25) is 4.98 Å². The minimum Gasteiger partial charge on any atom is -0.657 e. The summed E-state index contributed by atoms with van der Waals surface area (Å²) in [6.07, 6.45) is 10.7. The fourth-order valence-electron chi connectivity index (χ4n) is 6.57. The smallest absolute Gasteiger partial charge is 0.657 e. The van der Waals surface area contributed by atoms with E-state index in [-0.39, 0.29) is 35.7 Å². The van der Waals surface area contributed by atoms with E-state index in [1.54, 1.807) is 0 Å². The van der Waals surface area contributed by atoms with Crippen LogP contribution in [0.4, 0.5) is 0 Å². The molecule has 0 spiro atoms. The van der Waals surface area contributed by atoms with Crippen LogP contribution < -0.4 is 9.97 Å². The number of hydrogen-bond donors (Lipinski definition) is 0. The Hall–Kier alpha value is -4.52. The first kappa shape index (κ1) is 34.3. The Kier molecular flexibility index (Phi) is 8.71. The van der Waals surface area contributed by atoms with Crippen molar-refractivity contribution in [3.63, 3.8) is 0 Å². The van der Waals surface area contributed by atoms with Gasteiger partial charge in [0, 0.05) is 28.8 Å². The average molecular weight is 693 g/mol. The summed E-state index contributed by atoms with van der Waals surface area (Å²) in [4.78, 5) is 20.8. The van der Waals surface area contributed by atoms with Crippen molar-refractivity contribution >= 4 is 34.2 Å². The summed E-state index contributed by atoms with van der Waals surface area (Å²) in [5.74, 6) is 2.74. The van der Waals surface area contributed by atoms with E-state index in [4.69, 9.17) is 26.4 Å². The molecule has 0 radical (unpaired) electrons. The molecule has 0 N–H and O–H groups in total. The van der Waals surface area contributed by atoms with Crippen molar-refractivity contribution < 1.29 is 19.5 Å². The van der Waals surface area contributed by atoms with Gasteiger partial charge in [0.2, 0.25) is 0 Å².